The van der Waals surface area contributed by atoms with Gasteiger partial charge >= 0.3 is 11.9 Å². The summed E-state index contributed by atoms with van der Waals surface area (Å²) in [7, 11) is 2.19. The van der Waals surface area contributed by atoms with Crippen molar-refractivity contribution in [1.82, 2.24) is 0 Å². The molecular formula is C12H11ClO5. The number of Topliss-reactive ketones (excluding diaryl/α,β-unsaturated/α-hetero) is 1. The minimum atomic E-state index is -1.36. The van der Waals surface area contributed by atoms with Gasteiger partial charge in [0.05, 0.1) is 14.2 Å². The molecule has 0 bridgehead atoms. The summed E-state index contributed by atoms with van der Waals surface area (Å²) in [5, 5.41) is 0.346. The van der Waals surface area contributed by atoms with E-state index in [1.807, 2.05) is 0 Å². The fraction of sp³-hybridized carbons (Fsp3) is 0.250. The minimum absolute atomic E-state index is 0.282. The average Bonchev–Trinajstić information content (AvgIpc) is 2.37. The van der Waals surface area contributed by atoms with Crippen LogP contribution in [-0.2, 0) is 23.9 Å². The lowest BCUT2D eigenvalue weighted by Crippen LogP contribution is -2.30. The molecule has 0 aliphatic carbocycles. The lowest BCUT2D eigenvalue weighted by atomic mass is 9.95. The maximum atomic E-state index is 11.8. The maximum absolute atomic E-state index is 11.8. The molecule has 0 radical (unpaired) electrons. The molecule has 0 aromatic heterocycles. The number of ether oxygens (including phenoxy) is 2. The number of hydrogen-bond donors (Lipinski definition) is 0. The number of hydrogen-bond acceptors (Lipinski definition) is 5. The van der Waals surface area contributed by atoms with Gasteiger partial charge in [-0.05, 0) is 17.7 Å². The summed E-state index contributed by atoms with van der Waals surface area (Å²) in [5.74, 6) is -4.30. The minimum Gasteiger partial charge on any atom is -0.468 e. The van der Waals surface area contributed by atoms with E-state index in [2.05, 4.69) is 9.47 Å². The number of methoxy groups -OCH3 is 2. The van der Waals surface area contributed by atoms with E-state index in [1.54, 1.807) is 12.1 Å². The largest absolute Gasteiger partial charge is 0.468 e. The Kier molecular flexibility index (Phi) is 4.85. The molecule has 1 aromatic rings. The van der Waals surface area contributed by atoms with E-state index in [0.717, 1.165) is 14.2 Å². The zero-order valence-electron chi connectivity index (χ0n) is 9.81. The highest BCUT2D eigenvalue weighted by Crippen LogP contribution is 2.22. The molecular weight excluding hydrogens is 260 g/mol. The van der Waals surface area contributed by atoms with Crippen molar-refractivity contribution in [1.29, 1.82) is 0 Å². The summed E-state index contributed by atoms with van der Waals surface area (Å²) in [6, 6.07) is 6.08. The zero-order valence-corrected chi connectivity index (χ0v) is 10.6. The molecule has 1 aromatic carbocycles. The van der Waals surface area contributed by atoms with Crippen LogP contribution in [0.25, 0.3) is 0 Å². The zero-order chi connectivity index (χ0) is 13.7. The third kappa shape index (κ3) is 3.07. The van der Waals surface area contributed by atoms with E-state index in [1.165, 1.54) is 12.1 Å². The predicted octanol–water partition coefficient (Wildman–Crippen LogP) is 1.34. The van der Waals surface area contributed by atoms with Crippen LogP contribution in [0.1, 0.15) is 11.5 Å². The van der Waals surface area contributed by atoms with Gasteiger partial charge in [-0.3, -0.25) is 9.59 Å². The first-order valence-corrected chi connectivity index (χ1v) is 5.34. The second kappa shape index (κ2) is 6.16. The standard InChI is InChI=1S/C12H11ClO5/c1-17-11(15)9(10(14)12(16)18-2)7-4-3-5-8(13)6-7/h3-6,9H,1-2H3. The number of ketones is 1. The summed E-state index contributed by atoms with van der Waals surface area (Å²) in [6.07, 6.45) is 0. The Labute approximate surface area is 109 Å². The molecule has 1 unspecified atom stereocenters. The predicted molar refractivity (Wildman–Crippen MR) is 63.2 cm³/mol. The van der Waals surface area contributed by atoms with Crippen LogP contribution in [-0.4, -0.2) is 31.9 Å². The third-order valence-corrected chi connectivity index (χ3v) is 2.50. The number of halogens is 1. The fourth-order valence-corrected chi connectivity index (χ4v) is 1.62. The van der Waals surface area contributed by atoms with Crippen LogP contribution in [0, 0.1) is 0 Å². The molecule has 18 heavy (non-hydrogen) atoms. The van der Waals surface area contributed by atoms with Crippen LogP contribution in [0.3, 0.4) is 0 Å². The molecule has 0 aliphatic rings. The van der Waals surface area contributed by atoms with Crippen molar-refractivity contribution in [3.05, 3.63) is 34.9 Å². The van der Waals surface area contributed by atoms with Gasteiger partial charge < -0.3 is 9.47 Å². The molecule has 0 saturated heterocycles. The normalized spacial score (nSPS) is 11.5. The molecule has 1 rings (SSSR count). The van der Waals surface area contributed by atoms with Crippen LogP contribution in [0.4, 0.5) is 0 Å². The Morgan fingerprint density at radius 1 is 1.17 bits per heavy atom. The third-order valence-electron chi connectivity index (χ3n) is 2.27. The highest BCUT2D eigenvalue weighted by atomic mass is 35.5. The highest BCUT2D eigenvalue weighted by Gasteiger charge is 2.34. The molecule has 0 fully saturated rings. The fourth-order valence-electron chi connectivity index (χ4n) is 1.42. The Morgan fingerprint density at radius 2 is 1.83 bits per heavy atom. The van der Waals surface area contributed by atoms with Crippen LogP contribution in [0.15, 0.2) is 24.3 Å². The number of rotatable bonds is 4. The quantitative estimate of drug-likeness (QED) is 0.469. The summed E-state index contributed by atoms with van der Waals surface area (Å²) >= 11 is 5.78. The molecule has 0 saturated carbocycles. The van der Waals surface area contributed by atoms with Crippen molar-refractivity contribution in [2.75, 3.05) is 14.2 Å². The van der Waals surface area contributed by atoms with E-state index < -0.39 is 23.6 Å². The number of esters is 2. The molecule has 0 amide bonds. The lowest BCUT2D eigenvalue weighted by Gasteiger charge is -2.12. The summed E-state index contributed by atoms with van der Waals surface area (Å²) in [4.78, 5) is 34.6. The molecule has 0 aliphatic heterocycles. The number of carbonyl (C=O) groups excluding carboxylic acids is 3. The van der Waals surface area contributed by atoms with Crippen molar-refractivity contribution < 1.29 is 23.9 Å². The molecule has 0 spiro atoms. The second-order valence-electron chi connectivity index (χ2n) is 3.37. The van der Waals surface area contributed by atoms with E-state index in [0.29, 0.717) is 5.02 Å². The first kappa shape index (κ1) is 14.2. The summed E-state index contributed by atoms with van der Waals surface area (Å²) in [6.45, 7) is 0. The second-order valence-corrected chi connectivity index (χ2v) is 3.80. The van der Waals surface area contributed by atoms with Crippen LogP contribution in [0.5, 0.6) is 0 Å². The number of benzene rings is 1. The SMILES string of the molecule is COC(=O)C(=O)C(C(=O)OC)c1cccc(Cl)c1. The summed E-state index contributed by atoms with van der Waals surface area (Å²) in [5.41, 5.74) is 0.282. The summed E-state index contributed by atoms with van der Waals surface area (Å²) < 4.78 is 8.82. The first-order valence-electron chi connectivity index (χ1n) is 4.96. The van der Waals surface area contributed by atoms with Gasteiger partial charge in [-0.25, -0.2) is 4.79 Å². The van der Waals surface area contributed by atoms with Gasteiger partial charge in [-0.15, -0.1) is 0 Å². The van der Waals surface area contributed by atoms with Gasteiger partial charge in [0, 0.05) is 5.02 Å². The van der Waals surface area contributed by atoms with Crippen LogP contribution >= 0.6 is 11.6 Å². The van der Waals surface area contributed by atoms with E-state index in [4.69, 9.17) is 11.6 Å². The molecule has 0 heterocycles. The van der Waals surface area contributed by atoms with Gasteiger partial charge in [0.25, 0.3) is 5.78 Å². The van der Waals surface area contributed by atoms with Gasteiger partial charge in [-0.1, -0.05) is 23.7 Å². The van der Waals surface area contributed by atoms with Crippen molar-refractivity contribution in [2.24, 2.45) is 0 Å². The van der Waals surface area contributed by atoms with Crippen LogP contribution in [0.2, 0.25) is 5.02 Å². The molecule has 5 nitrogen and oxygen atoms in total. The Balaban J connectivity index is 3.18. The number of carbonyl (C=O) groups is 3. The Hall–Kier alpha value is -1.88. The highest BCUT2D eigenvalue weighted by molar-refractivity contribution is 6.40. The molecule has 96 valence electrons. The van der Waals surface area contributed by atoms with Gasteiger partial charge in [-0.2, -0.15) is 0 Å². The Bertz CT molecular complexity index is 483. The van der Waals surface area contributed by atoms with Gasteiger partial charge in [0.2, 0.25) is 0 Å². The van der Waals surface area contributed by atoms with Crippen molar-refractivity contribution in [2.45, 2.75) is 5.92 Å². The van der Waals surface area contributed by atoms with Crippen molar-refractivity contribution in [3.63, 3.8) is 0 Å². The van der Waals surface area contributed by atoms with Crippen molar-refractivity contribution in [3.8, 4) is 0 Å². The van der Waals surface area contributed by atoms with E-state index in [-0.39, 0.29) is 5.56 Å². The smallest absolute Gasteiger partial charge is 0.375 e. The maximum Gasteiger partial charge on any atom is 0.375 e. The van der Waals surface area contributed by atoms with E-state index >= 15 is 0 Å². The molecule has 1 atom stereocenters. The first-order chi connectivity index (χ1) is 8.51. The van der Waals surface area contributed by atoms with Gasteiger partial charge in [0.1, 0.15) is 0 Å². The van der Waals surface area contributed by atoms with Crippen LogP contribution < -0.4 is 0 Å². The lowest BCUT2D eigenvalue weighted by molar-refractivity contribution is -0.157. The monoisotopic (exact) mass is 270 g/mol. The Morgan fingerprint density at radius 3 is 2.33 bits per heavy atom. The molecule has 6 heteroatoms. The van der Waals surface area contributed by atoms with E-state index in [9.17, 15) is 14.4 Å². The topological polar surface area (TPSA) is 69.7 Å². The average molecular weight is 271 g/mol. The molecule has 0 N–H and O–H groups in total. The van der Waals surface area contributed by atoms with Gasteiger partial charge in [0.15, 0.2) is 5.92 Å². The van der Waals surface area contributed by atoms with Crippen molar-refractivity contribution >= 4 is 29.3 Å².